The van der Waals surface area contributed by atoms with E-state index < -0.39 is 0 Å². The molecule has 2 nitrogen and oxygen atoms in total. The molecular formula is C11H11BrClNO. The van der Waals surface area contributed by atoms with Crippen LogP contribution in [0.5, 0.6) is 0 Å². The highest BCUT2D eigenvalue weighted by Crippen LogP contribution is 2.22. The molecule has 15 heavy (non-hydrogen) atoms. The van der Waals surface area contributed by atoms with Crippen LogP contribution < -0.4 is 0 Å². The van der Waals surface area contributed by atoms with E-state index >= 15 is 0 Å². The van der Waals surface area contributed by atoms with E-state index in [9.17, 15) is 4.79 Å². The van der Waals surface area contributed by atoms with Gasteiger partial charge < -0.3 is 4.90 Å². The Bertz CT molecular complexity index is 383. The van der Waals surface area contributed by atoms with Gasteiger partial charge in [0.15, 0.2) is 0 Å². The maximum absolute atomic E-state index is 11.5. The predicted molar refractivity (Wildman–Crippen MR) is 63.8 cm³/mol. The standard InChI is InChI=1S/C11H11BrClNO/c12-10-4-2-1-3-8(10)6-14-7-9(13)5-11(14)15/h1-4,9H,5-7H2. The Morgan fingerprint density at radius 3 is 2.80 bits per heavy atom. The van der Waals surface area contributed by atoms with E-state index in [0.717, 1.165) is 10.0 Å². The number of hydrogen-bond donors (Lipinski definition) is 0. The van der Waals surface area contributed by atoms with Crippen LogP contribution in [-0.2, 0) is 11.3 Å². The topological polar surface area (TPSA) is 20.3 Å². The van der Waals surface area contributed by atoms with Crippen LogP contribution in [0.25, 0.3) is 0 Å². The summed E-state index contributed by atoms with van der Waals surface area (Å²) < 4.78 is 1.04. The summed E-state index contributed by atoms with van der Waals surface area (Å²) in [6.07, 6.45) is 0.464. The molecule has 0 aromatic heterocycles. The van der Waals surface area contributed by atoms with Gasteiger partial charge >= 0.3 is 0 Å². The van der Waals surface area contributed by atoms with Gasteiger partial charge in [-0.3, -0.25) is 4.79 Å². The summed E-state index contributed by atoms with van der Waals surface area (Å²) in [6, 6.07) is 7.93. The second kappa shape index (κ2) is 4.54. The highest BCUT2D eigenvalue weighted by molar-refractivity contribution is 9.10. The average Bonchev–Trinajstić information content (AvgIpc) is 2.49. The molecule has 0 aliphatic carbocycles. The summed E-state index contributed by atoms with van der Waals surface area (Å²) in [4.78, 5) is 13.3. The first-order chi connectivity index (χ1) is 7.16. The Hall–Kier alpha value is -0.540. The number of rotatable bonds is 2. The molecule has 1 aromatic rings. The second-order valence-electron chi connectivity index (χ2n) is 3.67. The minimum Gasteiger partial charge on any atom is -0.337 e. The van der Waals surface area contributed by atoms with Crippen LogP contribution in [0.3, 0.4) is 0 Å². The van der Waals surface area contributed by atoms with Crippen LogP contribution in [0, 0.1) is 0 Å². The fourth-order valence-corrected chi connectivity index (χ4v) is 2.42. The molecule has 1 fully saturated rings. The molecule has 1 heterocycles. The molecule has 1 aliphatic heterocycles. The third-order valence-corrected chi connectivity index (χ3v) is 3.55. The zero-order chi connectivity index (χ0) is 10.8. The van der Waals surface area contributed by atoms with Crippen molar-refractivity contribution >= 4 is 33.4 Å². The lowest BCUT2D eigenvalue weighted by atomic mass is 10.2. The molecule has 0 saturated carbocycles. The zero-order valence-corrected chi connectivity index (χ0v) is 10.5. The van der Waals surface area contributed by atoms with Gasteiger partial charge in [0.2, 0.25) is 5.91 Å². The molecule has 2 rings (SSSR count). The van der Waals surface area contributed by atoms with E-state index in [1.165, 1.54) is 0 Å². The summed E-state index contributed by atoms with van der Waals surface area (Å²) >= 11 is 9.40. The van der Waals surface area contributed by atoms with Crippen LogP contribution in [0.4, 0.5) is 0 Å². The summed E-state index contributed by atoms with van der Waals surface area (Å²) in [6.45, 7) is 1.30. The van der Waals surface area contributed by atoms with Crippen molar-refractivity contribution in [3.63, 3.8) is 0 Å². The van der Waals surface area contributed by atoms with Gasteiger partial charge in [-0.1, -0.05) is 34.1 Å². The van der Waals surface area contributed by atoms with E-state index in [0.29, 0.717) is 19.5 Å². The normalized spacial score (nSPS) is 21.1. The molecule has 0 spiro atoms. The lowest BCUT2D eigenvalue weighted by Crippen LogP contribution is -2.24. The summed E-state index contributed by atoms with van der Waals surface area (Å²) in [7, 11) is 0. The number of halogens is 2. The van der Waals surface area contributed by atoms with E-state index in [2.05, 4.69) is 15.9 Å². The van der Waals surface area contributed by atoms with Crippen molar-refractivity contribution in [3.05, 3.63) is 34.3 Å². The number of benzene rings is 1. The van der Waals surface area contributed by atoms with Crippen LogP contribution in [-0.4, -0.2) is 22.7 Å². The molecule has 1 aromatic carbocycles. The van der Waals surface area contributed by atoms with E-state index in [1.54, 1.807) is 4.90 Å². The average molecular weight is 289 g/mol. The van der Waals surface area contributed by atoms with E-state index in [1.807, 2.05) is 24.3 Å². The van der Waals surface area contributed by atoms with Gasteiger partial charge in [0.1, 0.15) is 0 Å². The van der Waals surface area contributed by atoms with Gasteiger partial charge in [-0.2, -0.15) is 0 Å². The Kier molecular flexibility index (Phi) is 3.32. The molecule has 0 radical (unpaired) electrons. The van der Waals surface area contributed by atoms with E-state index in [-0.39, 0.29) is 11.3 Å². The number of nitrogens with zero attached hydrogens (tertiary/aromatic N) is 1. The number of carbonyl (C=O) groups excluding carboxylic acids is 1. The van der Waals surface area contributed by atoms with Crippen molar-refractivity contribution in [1.82, 2.24) is 4.90 Å². The van der Waals surface area contributed by atoms with E-state index in [4.69, 9.17) is 11.6 Å². The van der Waals surface area contributed by atoms with Crippen molar-refractivity contribution in [3.8, 4) is 0 Å². The lowest BCUT2D eigenvalue weighted by molar-refractivity contribution is -0.128. The first-order valence-corrected chi connectivity index (χ1v) is 6.05. The zero-order valence-electron chi connectivity index (χ0n) is 8.12. The Balaban J connectivity index is 2.09. The van der Waals surface area contributed by atoms with Gasteiger partial charge in [-0.25, -0.2) is 0 Å². The third kappa shape index (κ3) is 2.52. The number of amides is 1. The Labute approximate surface area is 102 Å². The van der Waals surface area contributed by atoms with Crippen molar-refractivity contribution in [2.45, 2.75) is 18.3 Å². The quantitative estimate of drug-likeness (QED) is 0.766. The molecule has 1 unspecified atom stereocenters. The minimum absolute atomic E-state index is 0.0278. The molecule has 0 N–H and O–H groups in total. The van der Waals surface area contributed by atoms with Crippen molar-refractivity contribution in [2.75, 3.05) is 6.54 Å². The Morgan fingerprint density at radius 2 is 2.20 bits per heavy atom. The monoisotopic (exact) mass is 287 g/mol. The summed E-state index contributed by atoms with van der Waals surface area (Å²) in [5.74, 6) is 0.144. The number of likely N-dealkylation sites (tertiary alicyclic amines) is 1. The highest BCUT2D eigenvalue weighted by Gasteiger charge is 2.27. The fourth-order valence-electron chi connectivity index (χ4n) is 1.71. The van der Waals surface area contributed by atoms with Crippen LogP contribution in [0.2, 0.25) is 0 Å². The van der Waals surface area contributed by atoms with Gasteiger partial charge in [0.05, 0.1) is 5.38 Å². The largest absolute Gasteiger partial charge is 0.337 e. The smallest absolute Gasteiger partial charge is 0.224 e. The first-order valence-electron chi connectivity index (χ1n) is 4.82. The minimum atomic E-state index is -0.0278. The number of alkyl halides is 1. The van der Waals surface area contributed by atoms with Gasteiger partial charge in [-0.15, -0.1) is 11.6 Å². The maximum atomic E-state index is 11.5. The van der Waals surface area contributed by atoms with Crippen molar-refractivity contribution in [1.29, 1.82) is 0 Å². The first kappa shape index (κ1) is 11.0. The van der Waals surface area contributed by atoms with Gasteiger partial charge in [-0.05, 0) is 11.6 Å². The summed E-state index contributed by atoms with van der Waals surface area (Å²) in [5.41, 5.74) is 1.12. The molecule has 1 saturated heterocycles. The molecular weight excluding hydrogens is 277 g/mol. The Morgan fingerprint density at radius 1 is 1.47 bits per heavy atom. The fraction of sp³-hybridized carbons (Fsp3) is 0.364. The number of hydrogen-bond acceptors (Lipinski definition) is 1. The third-order valence-electron chi connectivity index (χ3n) is 2.49. The van der Waals surface area contributed by atoms with Crippen molar-refractivity contribution in [2.24, 2.45) is 0 Å². The maximum Gasteiger partial charge on any atom is 0.224 e. The number of carbonyl (C=O) groups is 1. The molecule has 1 atom stereocenters. The molecule has 1 amide bonds. The SMILES string of the molecule is O=C1CC(Cl)CN1Cc1ccccc1Br. The van der Waals surface area contributed by atoms with Crippen molar-refractivity contribution < 1.29 is 4.79 Å². The molecule has 4 heteroatoms. The van der Waals surface area contributed by atoms with Gasteiger partial charge in [0.25, 0.3) is 0 Å². The van der Waals surface area contributed by atoms with Gasteiger partial charge in [0, 0.05) is 24.0 Å². The van der Waals surface area contributed by atoms with Crippen LogP contribution in [0.1, 0.15) is 12.0 Å². The summed E-state index contributed by atoms with van der Waals surface area (Å²) in [5, 5.41) is -0.0278. The van der Waals surface area contributed by atoms with Crippen LogP contribution in [0.15, 0.2) is 28.7 Å². The molecule has 80 valence electrons. The lowest BCUT2D eigenvalue weighted by Gasteiger charge is -2.16. The molecule has 1 aliphatic rings. The predicted octanol–water partition coefficient (Wildman–Crippen LogP) is 2.79. The molecule has 0 bridgehead atoms. The second-order valence-corrected chi connectivity index (χ2v) is 5.14. The highest BCUT2D eigenvalue weighted by atomic mass is 79.9. The van der Waals surface area contributed by atoms with Crippen LogP contribution >= 0.6 is 27.5 Å².